The fourth-order valence-corrected chi connectivity index (χ4v) is 3.01. The first-order valence-electron chi connectivity index (χ1n) is 7.61. The maximum Gasteiger partial charge on any atom is 0.416 e. The van der Waals surface area contributed by atoms with Crippen LogP contribution in [0.25, 0.3) is 0 Å². The molecule has 0 fully saturated rings. The lowest BCUT2D eigenvalue weighted by atomic mass is 9.84. The molecule has 2 aromatic rings. The molecule has 0 radical (unpaired) electrons. The Kier molecular flexibility index (Phi) is 4.51. The molecule has 9 heteroatoms. The smallest absolute Gasteiger partial charge is 0.416 e. The van der Waals surface area contributed by atoms with E-state index in [4.69, 9.17) is 4.74 Å². The summed E-state index contributed by atoms with van der Waals surface area (Å²) in [6.45, 7) is -2.85. The number of aromatic nitrogens is 1. The highest BCUT2D eigenvalue weighted by Gasteiger charge is 2.51. The van der Waals surface area contributed by atoms with E-state index in [2.05, 4.69) is 0 Å². The Morgan fingerprint density at radius 1 is 1.15 bits per heavy atom. The van der Waals surface area contributed by atoms with Gasteiger partial charge in [-0.15, -0.1) is 0 Å². The maximum atomic E-state index is 13.5. The van der Waals surface area contributed by atoms with Crippen LogP contribution in [0, 0.1) is 0 Å². The van der Waals surface area contributed by atoms with Crippen molar-refractivity contribution in [3.05, 3.63) is 64.1 Å². The van der Waals surface area contributed by atoms with Gasteiger partial charge in [-0.3, -0.25) is 4.79 Å². The molecule has 3 rings (SSSR count). The van der Waals surface area contributed by atoms with Gasteiger partial charge >= 0.3 is 6.18 Å². The van der Waals surface area contributed by atoms with Crippen molar-refractivity contribution in [1.82, 2.24) is 4.57 Å². The number of fused-ring (bicyclic) bond motifs is 1. The highest BCUT2D eigenvalue weighted by Crippen LogP contribution is 2.44. The van der Waals surface area contributed by atoms with Gasteiger partial charge in [-0.1, -0.05) is 6.07 Å². The summed E-state index contributed by atoms with van der Waals surface area (Å²) in [7, 11) is 0. The van der Waals surface area contributed by atoms with Crippen LogP contribution < -0.4 is 10.3 Å². The lowest BCUT2D eigenvalue weighted by Gasteiger charge is -2.43. The number of hydrogen-bond donors (Lipinski definition) is 1. The number of pyridine rings is 1. The minimum Gasteiger partial charge on any atom is -0.479 e. The molecule has 0 spiro atoms. The topological polar surface area (TPSA) is 51.5 Å². The fraction of sp³-hybridized carbons (Fsp3) is 0.353. The molecule has 1 aromatic heterocycles. The second-order valence-corrected chi connectivity index (χ2v) is 6.02. The van der Waals surface area contributed by atoms with Crippen molar-refractivity contribution in [2.24, 2.45) is 0 Å². The van der Waals surface area contributed by atoms with Gasteiger partial charge in [-0.05, 0) is 24.3 Å². The molecular formula is C17H14F5NO3. The zero-order valence-corrected chi connectivity index (χ0v) is 13.2. The Bertz CT molecular complexity index is 860. The Labute approximate surface area is 144 Å². The molecule has 4 nitrogen and oxygen atoms in total. The highest BCUT2D eigenvalue weighted by atomic mass is 19.4. The third-order valence-electron chi connectivity index (χ3n) is 4.41. The Balaban J connectivity index is 2.27. The van der Waals surface area contributed by atoms with Crippen molar-refractivity contribution in [1.29, 1.82) is 0 Å². The molecule has 1 N–H and O–H groups in total. The number of ether oxygens (including phenoxy) is 1. The predicted molar refractivity (Wildman–Crippen MR) is 81.6 cm³/mol. The zero-order chi connectivity index (χ0) is 19.1. The third-order valence-corrected chi connectivity index (χ3v) is 4.41. The molecule has 0 saturated heterocycles. The molecule has 2 heterocycles. The van der Waals surface area contributed by atoms with E-state index in [-0.39, 0.29) is 11.3 Å². The lowest BCUT2D eigenvalue weighted by molar-refractivity contribution is -0.138. The Hall–Kier alpha value is -2.42. The zero-order valence-electron chi connectivity index (χ0n) is 13.2. The number of halogens is 5. The van der Waals surface area contributed by atoms with E-state index in [0.29, 0.717) is 12.1 Å². The SMILES string of the molecule is O=c1ccccn1[C@@H]1c2cc(C(F)(F)F)ccc2OC(CF)(CF)[C@H]1O. The molecule has 0 unspecified atom stereocenters. The van der Waals surface area contributed by atoms with Crippen LogP contribution >= 0.6 is 0 Å². The van der Waals surface area contributed by atoms with Gasteiger partial charge in [0.05, 0.1) is 11.6 Å². The van der Waals surface area contributed by atoms with Crippen molar-refractivity contribution in [2.75, 3.05) is 13.3 Å². The summed E-state index contributed by atoms with van der Waals surface area (Å²) in [4.78, 5) is 12.1. The van der Waals surface area contributed by atoms with Gasteiger partial charge in [0.15, 0.2) is 5.60 Å². The first kappa shape index (κ1) is 18.4. The number of alkyl halides is 5. The number of aliphatic hydroxyl groups is 1. The average molecular weight is 375 g/mol. The van der Waals surface area contributed by atoms with E-state index >= 15 is 0 Å². The van der Waals surface area contributed by atoms with Crippen LogP contribution in [-0.2, 0) is 6.18 Å². The molecule has 0 aliphatic carbocycles. The number of rotatable bonds is 3. The van der Waals surface area contributed by atoms with Crippen molar-refractivity contribution < 1.29 is 31.8 Å². The summed E-state index contributed by atoms with van der Waals surface area (Å²) in [6, 6.07) is 4.86. The van der Waals surface area contributed by atoms with Crippen LogP contribution in [0.15, 0.2) is 47.4 Å². The minimum absolute atomic E-state index is 0.182. The van der Waals surface area contributed by atoms with E-state index in [1.54, 1.807) is 0 Å². The van der Waals surface area contributed by atoms with Crippen LogP contribution in [0.4, 0.5) is 22.0 Å². The molecule has 1 aliphatic heterocycles. The summed E-state index contributed by atoms with van der Waals surface area (Å²) in [5.74, 6) is -0.223. The summed E-state index contributed by atoms with van der Waals surface area (Å²) in [5.41, 5.74) is -4.17. The van der Waals surface area contributed by atoms with Gasteiger partial charge in [-0.2, -0.15) is 13.2 Å². The number of benzene rings is 1. The van der Waals surface area contributed by atoms with Crippen molar-refractivity contribution in [3.8, 4) is 5.75 Å². The van der Waals surface area contributed by atoms with Gasteiger partial charge in [0.2, 0.25) is 0 Å². The van der Waals surface area contributed by atoms with Crippen LogP contribution in [0.5, 0.6) is 5.75 Å². The molecule has 26 heavy (non-hydrogen) atoms. The molecular weight excluding hydrogens is 361 g/mol. The summed E-state index contributed by atoms with van der Waals surface area (Å²) in [5, 5.41) is 10.6. The Morgan fingerprint density at radius 3 is 2.42 bits per heavy atom. The number of nitrogens with zero attached hydrogens (tertiary/aromatic N) is 1. The molecule has 1 aromatic carbocycles. The quantitative estimate of drug-likeness (QED) is 0.840. The van der Waals surface area contributed by atoms with E-state index < -0.39 is 48.4 Å². The van der Waals surface area contributed by atoms with Gasteiger partial charge < -0.3 is 14.4 Å². The van der Waals surface area contributed by atoms with Gasteiger partial charge in [0.25, 0.3) is 5.56 Å². The predicted octanol–water partition coefficient (Wildman–Crippen LogP) is 2.89. The summed E-state index contributed by atoms with van der Waals surface area (Å²) in [6.07, 6.45) is -5.37. The monoisotopic (exact) mass is 375 g/mol. The number of aliphatic hydroxyl groups excluding tert-OH is 1. The van der Waals surface area contributed by atoms with E-state index in [9.17, 15) is 31.9 Å². The molecule has 0 bridgehead atoms. The maximum absolute atomic E-state index is 13.5. The third kappa shape index (κ3) is 2.86. The highest BCUT2D eigenvalue weighted by molar-refractivity contribution is 5.44. The summed E-state index contributed by atoms with van der Waals surface area (Å²) >= 11 is 0. The van der Waals surface area contributed by atoms with Crippen molar-refractivity contribution in [2.45, 2.75) is 23.9 Å². The lowest BCUT2D eigenvalue weighted by Crippen LogP contribution is -2.58. The first-order chi connectivity index (χ1) is 12.2. The largest absolute Gasteiger partial charge is 0.479 e. The van der Waals surface area contributed by atoms with E-state index in [1.165, 1.54) is 18.3 Å². The second-order valence-electron chi connectivity index (χ2n) is 6.02. The normalized spacial score (nSPS) is 21.8. The molecule has 140 valence electrons. The fourth-order valence-electron chi connectivity index (χ4n) is 3.01. The van der Waals surface area contributed by atoms with Gasteiger partial charge in [-0.25, -0.2) is 8.78 Å². The summed E-state index contributed by atoms with van der Waals surface area (Å²) < 4.78 is 72.4. The van der Waals surface area contributed by atoms with Gasteiger partial charge in [0, 0.05) is 17.8 Å². The molecule has 2 atom stereocenters. The molecule has 0 saturated carbocycles. The Morgan fingerprint density at radius 2 is 1.85 bits per heavy atom. The van der Waals surface area contributed by atoms with Crippen molar-refractivity contribution in [3.63, 3.8) is 0 Å². The number of hydrogen-bond acceptors (Lipinski definition) is 3. The van der Waals surface area contributed by atoms with Crippen LogP contribution in [0.3, 0.4) is 0 Å². The van der Waals surface area contributed by atoms with Crippen LogP contribution in [0.2, 0.25) is 0 Å². The standard InChI is InChI=1S/C17H14F5NO3/c18-8-16(9-19)15(25)14(23-6-2-1-3-13(23)24)11-7-10(17(20,21)22)4-5-12(11)26-16/h1-7,14-15,25H,8-9H2/t14-,15+/m1/s1. The van der Waals surface area contributed by atoms with Gasteiger partial charge in [0.1, 0.15) is 25.2 Å². The van der Waals surface area contributed by atoms with E-state index in [1.807, 2.05) is 0 Å². The van der Waals surface area contributed by atoms with E-state index in [0.717, 1.165) is 16.7 Å². The first-order valence-corrected chi connectivity index (χ1v) is 7.61. The van der Waals surface area contributed by atoms with Crippen LogP contribution in [0.1, 0.15) is 17.2 Å². The van der Waals surface area contributed by atoms with Crippen molar-refractivity contribution >= 4 is 0 Å². The molecule has 1 aliphatic rings. The molecule has 0 amide bonds. The average Bonchev–Trinajstić information content (AvgIpc) is 2.61. The van der Waals surface area contributed by atoms with Crippen LogP contribution in [-0.4, -0.2) is 34.7 Å². The second kappa shape index (κ2) is 6.39. The minimum atomic E-state index is -4.68.